The quantitative estimate of drug-likeness (QED) is 0.483. The van der Waals surface area contributed by atoms with E-state index in [9.17, 15) is 14.4 Å². The molecule has 7 nitrogen and oxygen atoms in total. The number of hydrogen-bond acceptors (Lipinski definition) is 5. The number of imide groups is 1. The van der Waals surface area contributed by atoms with Crippen LogP contribution in [0, 0.1) is 0 Å². The van der Waals surface area contributed by atoms with Gasteiger partial charge in [-0.2, -0.15) is 0 Å². The van der Waals surface area contributed by atoms with E-state index >= 15 is 0 Å². The normalized spacial score (nSPS) is 22.5. The van der Waals surface area contributed by atoms with Crippen LogP contribution in [-0.2, 0) is 22.7 Å². The average Bonchev–Trinajstić information content (AvgIpc) is 3.39. The van der Waals surface area contributed by atoms with Crippen LogP contribution in [-0.4, -0.2) is 47.8 Å². The fourth-order valence-corrected chi connectivity index (χ4v) is 3.60. The third-order valence-corrected chi connectivity index (χ3v) is 5.23. The van der Waals surface area contributed by atoms with Crippen LogP contribution in [0.1, 0.15) is 47.2 Å². The number of hydrogen-bond donors (Lipinski definition) is 3. The van der Waals surface area contributed by atoms with Crippen LogP contribution in [0.4, 0.5) is 0 Å². The second-order valence-corrected chi connectivity index (χ2v) is 7.30. The average molecular weight is 356 g/mol. The van der Waals surface area contributed by atoms with E-state index in [2.05, 4.69) is 16.0 Å². The lowest BCUT2D eigenvalue weighted by Crippen LogP contribution is -2.52. The smallest absolute Gasteiger partial charge is 0.255 e. The Kier molecular flexibility index (Phi) is 4.74. The highest BCUT2D eigenvalue weighted by molar-refractivity contribution is 6.05. The molecule has 0 bridgehead atoms. The standard InChI is InChI=1S/C19H24N4O3/c24-17-6-5-16(18(25)22-17)23-11-13-2-1-12(9-15(13)19(23)26)10-20-7-8-21-14-3-4-14/h1-2,9,14,16,20-21H,3-8,10-11H2,(H,22,24,25). The number of rotatable bonds is 7. The Hall–Kier alpha value is -2.25. The van der Waals surface area contributed by atoms with Crippen molar-refractivity contribution in [2.75, 3.05) is 13.1 Å². The maximum absolute atomic E-state index is 12.8. The van der Waals surface area contributed by atoms with Crippen LogP contribution in [0.5, 0.6) is 0 Å². The molecule has 2 fully saturated rings. The summed E-state index contributed by atoms with van der Waals surface area (Å²) in [6, 6.07) is 6.08. The summed E-state index contributed by atoms with van der Waals surface area (Å²) in [4.78, 5) is 37.7. The number of benzene rings is 1. The van der Waals surface area contributed by atoms with Crippen molar-refractivity contribution in [3.63, 3.8) is 0 Å². The van der Waals surface area contributed by atoms with Gasteiger partial charge in [0.05, 0.1) is 0 Å². The summed E-state index contributed by atoms with van der Waals surface area (Å²) in [5.74, 6) is -0.751. The number of fused-ring (bicyclic) bond motifs is 1. The SMILES string of the molecule is O=C1CCC(N2Cc3ccc(CNCCNC4CC4)cc3C2=O)C(=O)N1. The van der Waals surface area contributed by atoms with Crippen molar-refractivity contribution in [2.24, 2.45) is 0 Å². The third kappa shape index (κ3) is 3.64. The highest BCUT2D eigenvalue weighted by Gasteiger charge is 2.39. The third-order valence-electron chi connectivity index (χ3n) is 5.23. The van der Waals surface area contributed by atoms with Crippen LogP contribution in [0.25, 0.3) is 0 Å². The molecule has 1 aromatic carbocycles. The van der Waals surface area contributed by atoms with E-state index in [0.717, 1.165) is 24.2 Å². The second-order valence-electron chi connectivity index (χ2n) is 7.30. The number of nitrogens with zero attached hydrogens (tertiary/aromatic N) is 1. The van der Waals surface area contributed by atoms with Crippen LogP contribution in [0.15, 0.2) is 18.2 Å². The predicted molar refractivity (Wildman–Crippen MR) is 95.2 cm³/mol. The Labute approximate surface area is 152 Å². The summed E-state index contributed by atoms with van der Waals surface area (Å²) < 4.78 is 0. The molecule has 1 atom stereocenters. The molecule has 0 radical (unpaired) electrons. The Bertz CT molecular complexity index is 744. The molecular weight excluding hydrogens is 332 g/mol. The summed E-state index contributed by atoms with van der Waals surface area (Å²) in [5.41, 5.74) is 2.68. The van der Waals surface area contributed by atoms with Crippen molar-refractivity contribution in [1.29, 1.82) is 0 Å². The highest BCUT2D eigenvalue weighted by Crippen LogP contribution is 2.28. The molecule has 2 heterocycles. The molecule has 1 saturated heterocycles. The fraction of sp³-hybridized carbons (Fsp3) is 0.526. The van der Waals surface area contributed by atoms with E-state index in [1.54, 1.807) is 4.90 Å². The van der Waals surface area contributed by atoms with Gasteiger partial charge in [0.25, 0.3) is 5.91 Å². The van der Waals surface area contributed by atoms with E-state index in [0.29, 0.717) is 31.1 Å². The molecule has 3 aliphatic rings. The Morgan fingerprint density at radius 1 is 1.12 bits per heavy atom. The molecular formula is C19H24N4O3. The van der Waals surface area contributed by atoms with Gasteiger partial charge in [-0.15, -0.1) is 0 Å². The molecule has 3 N–H and O–H groups in total. The topological polar surface area (TPSA) is 90.5 Å². The van der Waals surface area contributed by atoms with E-state index in [4.69, 9.17) is 0 Å². The van der Waals surface area contributed by atoms with Gasteiger partial charge in [-0.1, -0.05) is 12.1 Å². The molecule has 1 unspecified atom stereocenters. The summed E-state index contributed by atoms with van der Waals surface area (Å²) in [5, 5.41) is 9.17. The van der Waals surface area contributed by atoms with Gasteiger partial charge in [0.1, 0.15) is 6.04 Å². The van der Waals surface area contributed by atoms with Crippen molar-refractivity contribution in [3.05, 3.63) is 34.9 Å². The van der Waals surface area contributed by atoms with Gasteiger partial charge in [-0.05, 0) is 36.5 Å². The first-order valence-corrected chi connectivity index (χ1v) is 9.32. The van der Waals surface area contributed by atoms with Crippen molar-refractivity contribution < 1.29 is 14.4 Å². The van der Waals surface area contributed by atoms with E-state index in [-0.39, 0.29) is 24.1 Å². The van der Waals surface area contributed by atoms with Gasteiger partial charge >= 0.3 is 0 Å². The van der Waals surface area contributed by atoms with Crippen molar-refractivity contribution in [1.82, 2.24) is 20.9 Å². The summed E-state index contributed by atoms with van der Waals surface area (Å²) in [6.07, 6.45) is 3.25. The minimum absolute atomic E-state index is 0.119. The molecule has 0 spiro atoms. The molecule has 138 valence electrons. The van der Waals surface area contributed by atoms with Gasteiger partial charge in [-0.25, -0.2) is 0 Å². The van der Waals surface area contributed by atoms with Gasteiger partial charge in [0.2, 0.25) is 11.8 Å². The second kappa shape index (κ2) is 7.17. The molecule has 1 saturated carbocycles. The Balaban J connectivity index is 1.35. The number of amides is 3. The molecule has 1 aliphatic carbocycles. The van der Waals surface area contributed by atoms with Crippen LogP contribution >= 0.6 is 0 Å². The molecule has 1 aromatic rings. The first kappa shape index (κ1) is 17.2. The van der Waals surface area contributed by atoms with E-state index in [1.807, 2.05) is 18.2 Å². The summed E-state index contributed by atoms with van der Waals surface area (Å²) in [7, 11) is 0. The van der Waals surface area contributed by atoms with Crippen LogP contribution in [0.2, 0.25) is 0 Å². The van der Waals surface area contributed by atoms with Gasteiger partial charge in [0, 0.05) is 44.2 Å². The molecule has 3 amide bonds. The lowest BCUT2D eigenvalue weighted by Gasteiger charge is -2.29. The number of piperidine rings is 1. The Morgan fingerprint density at radius 3 is 2.73 bits per heavy atom. The molecule has 26 heavy (non-hydrogen) atoms. The maximum atomic E-state index is 12.8. The maximum Gasteiger partial charge on any atom is 0.255 e. The molecule has 4 rings (SSSR count). The highest BCUT2D eigenvalue weighted by atomic mass is 16.2. The van der Waals surface area contributed by atoms with Crippen molar-refractivity contribution in [2.45, 2.75) is 50.9 Å². The van der Waals surface area contributed by atoms with Crippen molar-refractivity contribution >= 4 is 17.7 Å². The lowest BCUT2D eigenvalue weighted by atomic mass is 10.0. The Morgan fingerprint density at radius 2 is 1.96 bits per heavy atom. The number of carbonyl (C=O) groups excluding carboxylic acids is 3. The zero-order valence-corrected chi connectivity index (χ0v) is 14.7. The zero-order chi connectivity index (χ0) is 18.1. The van der Waals surface area contributed by atoms with Crippen LogP contribution < -0.4 is 16.0 Å². The predicted octanol–water partition coefficient (Wildman–Crippen LogP) is 0.289. The monoisotopic (exact) mass is 356 g/mol. The summed E-state index contributed by atoms with van der Waals surface area (Å²) >= 11 is 0. The first-order valence-electron chi connectivity index (χ1n) is 9.32. The number of carbonyl (C=O) groups is 3. The minimum atomic E-state index is -0.553. The number of nitrogens with one attached hydrogen (secondary N) is 3. The van der Waals surface area contributed by atoms with Crippen LogP contribution in [0.3, 0.4) is 0 Å². The van der Waals surface area contributed by atoms with Gasteiger partial charge in [0.15, 0.2) is 0 Å². The van der Waals surface area contributed by atoms with E-state index in [1.165, 1.54) is 12.8 Å². The molecule has 7 heteroatoms. The zero-order valence-electron chi connectivity index (χ0n) is 14.7. The van der Waals surface area contributed by atoms with Crippen molar-refractivity contribution in [3.8, 4) is 0 Å². The van der Waals surface area contributed by atoms with E-state index < -0.39 is 6.04 Å². The molecule has 2 aliphatic heterocycles. The fourth-order valence-electron chi connectivity index (χ4n) is 3.60. The molecule has 0 aromatic heterocycles. The lowest BCUT2D eigenvalue weighted by molar-refractivity contribution is -0.136. The summed E-state index contributed by atoms with van der Waals surface area (Å²) in [6.45, 7) is 2.99. The van der Waals surface area contributed by atoms with Gasteiger partial charge < -0.3 is 15.5 Å². The minimum Gasteiger partial charge on any atom is -0.322 e. The first-order chi connectivity index (χ1) is 12.6. The van der Waals surface area contributed by atoms with Gasteiger partial charge in [-0.3, -0.25) is 19.7 Å². The largest absolute Gasteiger partial charge is 0.322 e.